The molecular weight excluding hydrogens is 508 g/mol. The smallest absolute Gasteiger partial charge is 0.376 e. The molecule has 0 aromatic heterocycles. The Hall–Kier alpha value is -0.453. The first-order chi connectivity index (χ1) is 13.7. The lowest BCUT2D eigenvalue weighted by Crippen LogP contribution is -2.61. The average Bonchev–Trinajstić information content (AvgIpc) is 2.56. The topological polar surface area (TPSA) is 27.7 Å². The molecule has 0 fully saturated rings. The van der Waals surface area contributed by atoms with Crippen LogP contribution in [0.2, 0.25) is 5.54 Å². The molecule has 0 aliphatic rings. The lowest BCUT2D eigenvalue weighted by molar-refractivity contribution is -0.318. The number of rotatable bonds is 10. The van der Waals surface area contributed by atoms with Gasteiger partial charge in [-0.15, -0.1) is 11.6 Å². The third-order valence-corrected chi connectivity index (χ3v) is 8.01. The highest BCUT2D eigenvalue weighted by Gasteiger charge is 2.75. The molecule has 0 spiro atoms. The number of hydrogen-bond donors (Lipinski definition) is 0. The molecule has 3 nitrogen and oxygen atoms in total. The molecule has 0 saturated heterocycles. The molecule has 0 aromatic rings. The van der Waals surface area contributed by atoms with E-state index in [1.165, 1.54) is 0 Å². The highest BCUT2D eigenvalue weighted by molar-refractivity contribution is 6.62. The SMILES string of the molecule is CO[Si](OC)(OC)C(C(C(C(CCCCl)C(F)(F)F)C(F)(F)F)C(F)(F)F)C(F)(F)F. The fraction of sp³-hybridized carbons (Fsp3) is 1.00. The summed E-state index contributed by atoms with van der Waals surface area (Å²) in [6.45, 7) is 0. The van der Waals surface area contributed by atoms with Gasteiger partial charge in [0.05, 0.1) is 17.8 Å². The summed E-state index contributed by atoms with van der Waals surface area (Å²) in [5.74, 6) is -13.7. The Bertz CT molecular complexity index is 536. The minimum atomic E-state index is -6.40. The zero-order chi connectivity index (χ0) is 25.1. The molecule has 0 N–H and O–H groups in total. The molecule has 0 aromatic carbocycles. The quantitative estimate of drug-likeness (QED) is 0.189. The van der Waals surface area contributed by atoms with E-state index in [0.29, 0.717) is 21.3 Å². The molecule has 4 unspecified atom stereocenters. The van der Waals surface area contributed by atoms with Gasteiger partial charge in [0.1, 0.15) is 5.54 Å². The van der Waals surface area contributed by atoms with Crippen LogP contribution >= 0.6 is 11.6 Å². The third-order valence-electron chi connectivity index (χ3n) is 4.59. The molecule has 0 aliphatic carbocycles. The van der Waals surface area contributed by atoms with E-state index in [-0.39, 0.29) is 0 Å². The zero-order valence-electron chi connectivity index (χ0n) is 16.1. The van der Waals surface area contributed by atoms with E-state index < -0.39 is 75.5 Å². The van der Waals surface area contributed by atoms with Gasteiger partial charge in [-0.2, -0.15) is 52.7 Å². The van der Waals surface area contributed by atoms with Crippen molar-refractivity contribution in [3.63, 3.8) is 0 Å². The van der Waals surface area contributed by atoms with E-state index in [1.54, 1.807) is 0 Å². The van der Waals surface area contributed by atoms with E-state index in [0.717, 1.165) is 0 Å². The van der Waals surface area contributed by atoms with Crippen LogP contribution in [0.4, 0.5) is 52.7 Å². The molecule has 0 heterocycles. The van der Waals surface area contributed by atoms with Crippen LogP contribution in [0.5, 0.6) is 0 Å². The minimum Gasteiger partial charge on any atom is -0.376 e. The molecule has 0 radical (unpaired) electrons. The average molecular weight is 527 g/mol. The van der Waals surface area contributed by atoms with E-state index in [2.05, 4.69) is 13.3 Å². The van der Waals surface area contributed by atoms with E-state index in [9.17, 15) is 52.7 Å². The second-order valence-electron chi connectivity index (χ2n) is 6.35. The normalized spacial score (nSPS) is 18.6. The molecule has 17 heteroatoms. The largest absolute Gasteiger partial charge is 0.513 e. The van der Waals surface area contributed by atoms with Crippen molar-refractivity contribution < 1.29 is 66.0 Å². The summed E-state index contributed by atoms with van der Waals surface area (Å²) in [4.78, 5) is 0. The maximum atomic E-state index is 13.8. The fourth-order valence-electron chi connectivity index (χ4n) is 3.38. The molecule has 0 saturated carbocycles. The monoisotopic (exact) mass is 526 g/mol. The van der Waals surface area contributed by atoms with Gasteiger partial charge in [-0.25, -0.2) is 0 Å². The summed E-state index contributed by atoms with van der Waals surface area (Å²) in [6, 6.07) is 0. The molecule has 0 rings (SSSR count). The van der Waals surface area contributed by atoms with E-state index in [1.807, 2.05) is 0 Å². The van der Waals surface area contributed by atoms with Gasteiger partial charge >= 0.3 is 33.5 Å². The summed E-state index contributed by atoms with van der Waals surface area (Å²) < 4.78 is 177. The number of alkyl halides is 13. The maximum absolute atomic E-state index is 13.8. The Morgan fingerprint density at radius 3 is 1.26 bits per heavy atom. The molecule has 0 bridgehead atoms. The predicted octanol–water partition coefficient (Wildman–Crippen LogP) is 6.35. The van der Waals surface area contributed by atoms with Crippen molar-refractivity contribution in [2.75, 3.05) is 27.2 Å². The van der Waals surface area contributed by atoms with Crippen LogP contribution in [0.1, 0.15) is 12.8 Å². The van der Waals surface area contributed by atoms with Crippen molar-refractivity contribution in [1.82, 2.24) is 0 Å². The summed E-state index contributed by atoms with van der Waals surface area (Å²) in [5, 5.41) is 0. The van der Waals surface area contributed by atoms with E-state index >= 15 is 0 Å². The Kier molecular flexibility index (Phi) is 10.5. The zero-order valence-corrected chi connectivity index (χ0v) is 17.8. The Balaban J connectivity index is 7.22. The first-order valence-electron chi connectivity index (χ1n) is 8.22. The molecule has 188 valence electrons. The highest BCUT2D eigenvalue weighted by atomic mass is 35.5. The van der Waals surface area contributed by atoms with Crippen LogP contribution in [-0.4, -0.2) is 60.7 Å². The summed E-state index contributed by atoms with van der Waals surface area (Å²) in [5.41, 5.74) is -4.20. The van der Waals surface area contributed by atoms with Crippen LogP contribution in [0.25, 0.3) is 0 Å². The molecule has 0 aliphatic heterocycles. The third kappa shape index (κ3) is 7.54. The lowest BCUT2D eigenvalue weighted by Gasteiger charge is -2.44. The Labute approximate surface area is 175 Å². The van der Waals surface area contributed by atoms with Gasteiger partial charge in [-0.05, 0) is 12.8 Å². The van der Waals surface area contributed by atoms with Crippen LogP contribution in [0.3, 0.4) is 0 Å². The van der Waals surface area contributed by atoms with Crippen LogP contribution in [-0.2, 0) is 13.3 Å². The highest BCUT2D eigenvalue weighted by Crippen LogP contribution is 2.60. The molecule has 31 heavy (non-hydrogen) atoms. The van der Waals surface area contributed by atoms with Crippen molar-refractivity contribution in [3.05, 3.63) is 0 Å². The summed E-state index contributed by atoms with van der Waals surface area (Å²) >= 11 is 5.16. The van der Waals surface area contributed by atoms with Crippen LogP contribution in [0, 0.1) is 17.8 Å². The maximum Gasteiger partial charge on any atom is 0.513 e. The Morgan fingerprint density at radius 2 is 1.03 bits per heavy atom. The predicted molar refractivity (Wildman–Crippen MR) is 85.2 cm³/mol. The van der Waals surface area contributed by atoms with Crippen molar-refractivity contribution in [1.29, 1.82) is 0 Å². The van der Waals surface area contributed by atoms with Crippen molar-refractivity contribution in [2.45, 2.75) is 43.1 Å². The van der Waals surface area contributed by atoms with Gasteiger partial charge < -0.3 is 13.3 Å². The minimum absolute atomic E-state index is 0.392. The molecule has 4 atom stereocenters. The molecular formula is C14H19ClF12O3Si. The van der Waals surface area contributed by atoms with Gasteiger partial charge in [-0.3, -0.25) is 0 Å². The molecule has 0 amide bonds. The summed E-state index contributed by atoms with van der Waals surface area (Å²) in [7, 11) is -4.50. The van der Waals surface area contributed by atoms with Gasteiger partial charge in [0, 0.05) is 27.2 Å². The van der Waals surface area contributed by atoms with Crippen LogP contribution in [0.15, 0.2) is 0 Å². The standard InChI is InChI=1S/C14H19ClF12O3Si/c1-28-31(29-2,30-3)10(14(25,26)27)9(13(22,23)24)8(12(19,20)21)7(5-4-6-15)11(16,17)18/h7-10H,4-6H2,1-3H3. The number of halogens is 13. The van der Waals surface area contributed by atoms with E-state index in [4.69, 9.17) is 11.6 Å². The Morgan fingerprint density at radius 1 is 0.645 bits per heavy atom. The lowest BCUT2D eigenvalue weighted by atomic mass is 9.76. The second kappa shape index (κ2) is 10.7. The van der Waals surface area contributed by atoms with Crippen molar-refractivity contribution >= 4 is 20.4 Å². The first-order valence-corrected chi connectivity index (χ1v) is 10.6. The van der Waals surface area contributed by atoms with Gasteiger partial charge in [0.25, 0.3) is 0 Å². The van der Waals surface area contributed by atoms with Crippen molar-refractivity contribution in [2.24, 2.45) is 17.8 Å². The van der Waals surface area contributed by atoms with Gasteiger partial charge in [-0.1, -0.05) is 0 Å². The first kappa shape index (κ1) is 30.5. The van der Waals surface area contributed by atoms with Gasteiger partial charge in [0.2, 0.25) is 0 Å². The number of hydrogen-bond acceptors (Lipinski definition) is 3. The van der Waals surface area contributed by atoms with Gasteiger partial charge in [0.15, 0.2) is 0 Å². The summed E-state index contributed by atoms with van der Waals surface area (Å²) in [6.07, 6.45) is -27.2. The van der Waals surface area contributed by atoms with Crippen LogP contribution < -0.4 is 0 Å². The van der Waals surface area contributed by atoms with Crippen molar-refractivity contribution in [3.8, 4) is 0 Å². The second-order valence-corrected chi connectivity index (χ2v) is 9.78. The fourth-order valence-corrected chi connectivity index (χ4v) is 6.03.